The Kier molecular flexibility index (Phi) is 6.81. The summed E-state index contributed by atoms with van der Waals surface area (Å²) in [6, 6.07) is 24.0. The Hall–Kier alpha value is -2.77. The number of ketones is 1. The largest absolute Gasteiger partial charge is 0.299 e. The number of sulfone groups is 2. The summed E-state index contributed by atoms with van der Waals surface area (Å²) in [4.78, 5) is 12.9. The first-order chi connectivity index (χ1) is 15.8. The Labute approximate surface area is 195 Å². The molecule has 0 heterocycles. The Morgan fingerprint density at radius 1 is 0.636 bits per heavy atom. The number of hydrogen-bond donors (Lipinski definition) is 0. The van der Waals surface area contributed by atoms with Crippen LogP contribution >= 0.6 is 0 Å². The van der Waals surface area contributed by atoms with Gasteiger partial charge in [-0.25, -0.2) is 16.8 Å². The minimum absolute atomic E-state index is 0.0707. The van der Waals surface area contributed by atoms with Crippen molar-refractivity contribution in [3.63, 3.8) is 0 Å². The molecule has 4 rings (SSSR count). The van der Waals surface area contributed by atoms with Crippen molar-refractivity contribution in [3.05, 3.63) is 96.6 Å². The van der Waals surface area contributed by atoms with E-state index < -0.39 is 36.1 Å². The molecule has 7 heteroatoms. The van der Waals surface area contributed by atoms with Crippen LogP contribution in [0.4, 0.5) is 0 Å². The van der Waals surface area contributed by atoms with E-state index in [1.807, 2.05) is 0 Å². The second-order valence-electron chi connectivity index (χ2n) is 8.34. The van der Waals surface area contributed by atoms with Crippen molar-refractivity contribution in [3.8, 4) is 0 Å². The minimum Gasteiger partial charge on any atom is -0.299 e. The fraction of sp³-hybridized carbons (Fsp3) is 0.269. The maximum Gasteiger partial charge on any atom is 0.196 e. The normalized spacial score (nSPS) is 18.2. The SMILES string of the molecule is O=C1CCCCC1C(c1ccccc1)C(S(=O)(=O)c1ccccc1)S(=O)(=O)c1ccccc1. The van der Waals surface area contributed by atoms with Crippen LogP contribution in [0.1, 0.15) is 37.2 Å². The molecule has 0 radical (unpaired) electrons. The van der Waals surface area contributed by atoms with Crippen molar-refractivity contribution >= 4 is 25.5 Å². The third-order valence-electron chi connectivity index (χ3n) is 6.27. The zero-order valence-corrected chi connectivity index (χ0v) is 19.7. The summed E-state index contributed by atoms with van der Waals surface area (Å²) in [5, 5.41) is 0. The summed E-state index contributed by atoms with van der Waals surface area (Å²) in [6.07, 6.45) is 2.28. The van der Waals surface area contributed by atoms with Gasteiger partial charge in [0.2, 0.25) is 0 Å². The standard InChI is InChI=1S/C26H26O5S2/c27-24-19-11-10-18-23(24)25(20-12-4-1-5-13-20)26(32(28,29)21-14-6-2-7-15-21)33(30,31)22-16-8-3-9-17-22/h1-9,12-17,23,25-26H,10-11,18-19H2. The molecular weight excluding hydrogens is 456 g/mol. The van der Waals surface area contributed by atoms with E-state index in [1.54, 1.807) is 66.7 Å². The fourth-order valence-corrected chi connectivity index (χ4v) is 9.76. The molecule has 3 aromatic rings. The van der Waals surface area contributed by atoms with E-state index in [4.69, 9.17) is 0 Å². The van der Waals surface area contributed by atoms with E-state index in [-0.39, 0.29) is 15.6 Å². The lowest BCUT2D eigenvalue weighted by molar-refractivity contribution is -0.125. The van der Waals surface area contributed by atoms with Crippen LogP contribution in [0.3, 0.4) is 0 Å². The number of benzene rings is 3. The maximum atomic E-state index is 14.0. The van der Waals surface area contributed by atoms with Crippen LogP contribution in [0.2, 0.25) is 0 Å². The molecule has 172 valence electrons. The number of Topliss-reactive ketones (excluding diaryl/α,β-unsaturated/α-hetero) is 1. The average Bonchev–Trinajstić information content (AvgIpc) is 2.84. The van der Waals surface area contributed by atoms with E-state index in [2.05, 4.69) is 0 Å². The molecule has 33 heavy (non-hydrogen) atoms. The van der Waals surface area contributed by atoms with Gasteiger partial charge in [-0.3, -0.25) is 4.79 Å². The molecule has 2 atom stereocenters. The Morgan fingerprint density at radius 2 is 1.09 bits per heavy atom. The van der Waals surface area contributed by atoms with E-state index >= 15 is 0 Å². The van der Waals surface area contributed by atoms with Gasteiger partial charge in [-0.05, 0) is 42.7 Å². The second-order valence-corrected chi connectivity index (χ2v) is 12.8. The molecule has 1 aliphatic rings. The van der Waals surface area contributed by atoms with E-state index in [1.165, 1.54) is 24.3 Å². The first kappa shape index (κ1) is 23.4. The highest BCUT2D eigenvalue weighted by Crippen LogP contribution is 2.44. The second kappa shape index (κ2) is 9.61. The van der Waals surface area contributed by atoms with Crippen LogP contribution in [0.5, 0.6) is 0 Å². The summed E-state index contributed by atoms with van der Waals surface area (Å²) in [7, 11) is -8.73. The van der Waals surface area contributed by atoms with Crippen molar-refractivity contribution in [2.45, 2.75) is 46.0 Å². The van der Waals surface area contributed by atoms with Gasteiger partial charge in [0.25, 0.3) is 0 Å². The highest BCUT2D eigenvalue weighted by Gasteiger charge is 2.50. The lowest BCUT2D eigenvalue weighted by Crippen LogP contribution is -2.42. The predicted molar refractivity (Wildman–Crippen MR) is 127 cm³/mol. The molecule has 3 aromatic carbocycles. The average molecular weight is 483 g/mol. The zero-order chi connectivity index (χ0) is 23.5. The van der Waals surface area contributed by atoms with Gasteiger partial charge in [-0.15, -0.1) is 0 Å². The van der Waals surface area contributed by atoms with Crippen molar-refractivity contribution in [2.24, 2.45) is 5.92 Å². The first-order valence-corrected chi connectivity index (χ1v) is 14.1. The van der Waals surface area contributed by atoms with Gasteiger partial charge in [-0.1, -0.05) is 73.2 Å². The molecule has 1 saturated carbocycles. The first-order valence-electron chi connectivity index (χ1n) is 11.0. The number of rotatable bonds is 7. The predicted octanol–water partition coefficient (Wildman–Crippen LogP) is 4.80. The van der Waals surface area contributed by atoms with Crippen LogP contribution in [0.25, 0.3) is 0 Å². The summed E-state index contributed by atoms with van der Waals surface area (Å²) in [5.41, 5.74) is 0.543. The molecular formula is C26H26O5S2. The summed E-state index contributed by atoms with van der Waals surface area (Å²) in [5.74, 6) is -1.79. The molecule has 0 aromatic heterocycles. The minimum atomic E-state index is -4.37. The fourth-order valence-electron chi connectivity index (χ4n) is 4.69. The van der Waals surface area contributed by atoms with Gasteiger partial charge in [0.1, 0.15) is 5.78 Å². The molecule has 0 N–H and O–H groups in total. The molecule has 0 saturated heterocycles. The quantitative estimate of drug-likeness (QED) is 0.483. The third-order valence-corrected chi connectivity index (χ3v) is 11.5. The third kappa shape index (κ3) is 4.66. The highest BCUT2D eigenvalue weighted by atomic mass is 32.3. The monoisotopic (exact) mass is 482 g/mol. The number of carbonyl (C=O) groups is 1. The lowest BCUT2D eigenvalue weighted by Gasteiger charge is -2.34. The van der Waals surface area contributed by atoms with E-state index in [9.17, 15) is 21.6 Å². The lowest BCUT2D eigenvalue weighted by atomic mass is 9.76. The Morgan fingerprint density at radius 3 is 1.55 bits per heavy atom. The number of hydrogen-bond acceptors (Lipinski definition) is 5. The molecule has 0 amide bonds. The van der Waals surface area contributed by atoms with Gasteiger partial charge in [-0.2, -0.15) is 0 Å². The van der Waals surface area contributed by atoms with Gasteiger partial charge < -0.3 is 0 Å². The smallest absolute Gasteiger partial charge is 0.196 e. The van der Waals surface area contributed by atoms with E-state index in [0.29, 0.717) is 18.4 Å². The van der Waals surface area contributed by atoms with Crippen molar-refractivity contribution in [1.29, 1.82) is 0 Å². The zero-order valence-electron chi connectivity index (χ0n) is 18.1. The molecule has 1 fully saturated rings. The summed E-state index contributed by atoms with van der Waals surface area (Å²) in [6.45, 7) is 0. The molecule has 0 bridgehead atoms. The van der Waals surface area contributed by atoms with Gasteiger partial charge >= 0.3 is 0 Å². The van der Waals surface area contributed by atoms with E-state index in [0.717, 1.165) is 12.8 Å². The highest BCUT2D eigenvalue weighted by molar-refractivity contribution is 8.09. The summed E-state index contributed by atoms with van der Waals surface area (Å²) >= 11 is 0. The van der Waals surface area contributed by atoms with Crippen LogP contribution in [0.15, 0.2) is 101 Å². The van der Waals surface area contributed by atoms with Crippen molar-refractivity contribution in [2.75, 3.05) is 0 Å². The Bertz CT molecular complexity index is 1230. The topological polar surface area (TPSA) is 85.3 Å². The van der Waals surface area contributed by atoms with Crippen molar-refractivity contribution < 1.29 is 21.6 Å². The molecule has 1 aliphatic carbocycles. The van der Waals surface area contributed by atoms with Crippen LogP contribution in [-0.4, -0.2) is 27.2 Å². The van der Waals surface area contributed by atoms with Crippen LogP contribution in [-0.2, 0) is 24.5 Å². The molecule has 0 spiro atoms. The van der Waals surface area contributed by atoms with Crippen LogP contribution < -0.4 is 0 Å². The maximum absolute atomic E-state index is 14.0. The number of carbonyl (C=O) groups excluding carboxylic acids is 1. The molecule has 0 aliphatic heterocycles. The van der Waals surface area contributed by atoms with Gasteiger partial charge in [0.15, 0.2) is 24.3 Å². The van der Waals surface area contributed by atoms with Crippen LogP contribution in [0, 0.1) is 5.92 Å². The van der Waals surface area contributed by atoms with Crippen molar-refractivity contribution in [1.82, 2.24) is 0 Å². The van der Waals surface area contributed by atoms with Gasteiger partial charge in [0.05, 0.1) is 9.79 Å². The Balaban J connectivity index is 2.00. The summed E-state index contributed by atoms with van der Waals surface area (Å²) < 4.78 is 54.3. The van der Waals surface area contributed by atoms with Gasteiger partial charge in [0, 0.05) is 18.3 Å². The molecule has 5 nitrogen and oxygen atoms in total. The molecule has 2 unspecified atom stereocenters.